The smallest absolute Gasteiger partial charge is 0.358 e. The van der Waals surface area contributed by atoms with E-state index in [-0.39, 0.29) is 24.6 Å². The van der Waals surface area contributed by atoms with Crippen LogP contribution in [0.15, 0.2) is 47.2 Å². The number of rotatable bonds is 7. The molecule has 0 saturated carbocycles. The molecule has 26 heavy (non-hydrogen) atoms. The van der Waals surface area contributed by atoms with Crippen LogP contribution in [0.1, 0.15) is 27.7 Å². The van der Waals surface area contributed by atoms with Crippen molar-refractivity contribution in [1.29, 1.82) is 0 Å². The van der Waals surface area contributed by atoms with E-state index in [1.165, 1.54) is 38.1 Å². The van der Waals surface area contributed by atoms with Gasteiger partial charge in [-0.1, -0.05) is 11.6 Å². The molecule has 142 valence electrons. The summed E-state index contributed by atoms with van der Waals surface area (Å²) in [5.74, 6) is -2.54. The number of hydrogen-bond acceptors (Lipinski definition) is 7. The first-order valence-electron chi connectivity index (χ1n) is 7.94. The Balaban J connectivity index is 3.69. The lowest BCUT2D eigenvalue weighted by Crippen LogP contribution is -2.34. The molecule has 0 aliphatic rings. The van der Waals surface area contributed by atoms with Crippen LogP contribution < -0.4 is 4.90 Å². The average Bonchev–Trinajstić information content (AvgIpc) is 2.55. The molecule has 0 aromatic heterocycles. The van der Waals surface area contributed by atoms with Crippen molar-refractivity contribution in [1.82, 2.24) is 0 Å². The Morgan fingerprint density at radius 3 is 1.62 bits per heavy atom. The van der Waals surface area contributed by atoms with Crippen LogP contribution in [-0.2, 0) is 19.1 Å². The number of aliphatic hydroxyl groups excluding tert-OH is 2. The van der Waals surface area contributed by atoms with Crippen LogP contribution in [0.5, 0.6) is 0 Å². The molecule has 0 bridgehead atoms. The van der Waals surface area contributed by atoms with Crippen LogP contribution >= 0.6 is 11.6 Å². The number of carbonyl (C=O) groups excluding carboxylic acids is 2. The van der Waals surface area contributed by atoms with Gasteiger partial charge < -0.3 is 19.7 Å². The summed E-state index contributed by atoms with van der Waals surface area (Å²) in [5, 5.41) is 20.6. The Bertz CT molecular complexity index is 676. The molecule has 0 aliphatic heterocycles. The predicted octanol–water partition coefficient (Wildman–Crippen LogP) is 3.85. The van der Waals surface area contributed by atoms with Crippen LogP contribution in [0.2, 0.25) is 5.02 Å². The number of esters is 2. The van der Waals surface area contributed by atoms with E-state index in [0.29, 0.717) is 10.7 Å². The molecule has 1 aromatic carbocycles. The van der Waals surface area contributed by atoms with E-state index in [1.807, 2.05) is 0 Å². The number of ether oxygens (including phenoxy) is 2. The van der Waals surface area contributed by atoms with Gasteiger partial charge in [0.1, 0.15) is 11.5 Å². The Kier molecular flexibility index (Phi) is 7.99. The highest BCUT2D eigenvalue weighted by Crippen LogP contribution is 2.30. The third kappa shape index (κ3) is 5.16. The number of hydrogen-bond donors (Lipinski definition) is 2. The highest BCUT2D eigenvalue weighted by molar-refractivity contribution is 6.30. The summed E-state index contributed by atoms with van der Waals surface area (Å²) in [5.41, 5.74) is -0.362. The molecule has 0 amide bonds. The lowest BCUT2D eigenvalue weighted by Gasteiger charge is -2.28. The lowest BCUT2D eigenvalue weighted by molar-refractivity contribution is -0.139. The number of nitrogens with zero attached hydrogens (tertiary/aromatic N) is 1. The Morgan fingerprint density at radius 2 is 1.31 bits per heavy atom. The fraction of sp³-hybridized carbons (Fsp3) is 0.333. The predicted molar refractivity (Wildman–Crippen MR) is 97.9 cm³/mol. The first-order valence-corrected chi connectivity index (χ1v) is 8.31. The number of benzene rings is 1. The van der Waals surface area contributed by atoms with Crippen LogP contribution in [0.4, 0.5) is 5.69 Å². The lowest BCUT2D eigenvalue weighted by atomic mass is 10.2. The van der Waals surface area contributed by atoms with Gasteiger partial charge in [0.25, 0.3) is 0 Å². The van der Waals surface area contributed by atoms with Gasteiger partial charge >= 0.3 is 11.9 Å². The number of allylic oxidation sites excluding steroid dienone is 2. The van der Waals surface area contributed by atoms with Gasteiger partial charge in [0.15, 0.2) is 11.4 Å². The summed E-state index contributed by atoms with van der Waals surface area (Å²) in [6, 6.07) is 6.11. The number of carbonyl (C=O) groups is 2. The van der Waals surface area contributed by atoms with Crippen LogP contribution in [0.25, 0.3) is 0 Å². The molecular formula is C18H22ClNO6. The highest BCUT2D eigenvalue weighted by atomic mass is 35.5. The zero-order valence-electron chi connectivity index (χ0n) is 15.1. The SMILES string of the molecule is CCOC(=O)/C(=C(/C)O)N(/C(C(=O)OCC)=C(\C)O)c1ccc(Cl)cc1. The van der Waals surface area contributed by atoms with Crippen molar-refractivity contribution in [2.75, 3.05) is 18.1 Å². The van der Waals surface area contributed by atoms with E-state index in [0.717, 1.165) is 4.90 Å². The van der Waals surface area contributed by atoms with E-state index in [2.05, 4.69) is 0 Å². The van der Waals surface area contributed by atoms with E-state index in [9.17, 15) is 19.8 Å². The molecule has 0 saturated heterocycles. The largest absolute Gasteiger partial charge is 0.510 e. The minimum Gasteiger partial charge on any atom is -0.510 e. The molecule has 0 fully saturated rings. The van der Waals surface area contributed by atoms with Gasteiger partial charge in [-0.3, -0.25) is 4.90 Å². The summed E-state index contributed by atoms with van der Waals surface area (Å²) < 4.78 is 9.96. The van der Waals surface area contributed by atoms with Crippen LogP contribution in [-0.4, -0.2) is 35.4 Å². The normalized spacial score (nSPS) is 12.7. The zero-order chi connectivity index (χ0) is 19.9. The van der Waals surface area contributed by atoms with Crippen LogP contribution in [0.3, 0.4) is 0 Å². The van der Waals surface area contributed by atoms with Gasteiger partial charge in [0, 0.05) is 10.7 Å². The molecular weight excluding hydrogens is 362 g/mol. The Morgan fingerprint density at radius 1 is 0.923 bits per heavy atom. The maximum absolute atomic E-state index is 12.4. The van der Waals surface area contributed by atoms with E-state index in [1.54, 1.807) is 13.8 Å². The van der Waals surface area contributed by atoms with Gasteiger partial charge in [-0.05, 0) is 52.0 Å². The second kappa shape index (κ2) is 9.72. The zero-order valence-corrected chi connectivity index (χ0v) is 15.8. The fourth-order valence-corrected chi connectivity index (χ4v) is 2.29. The molecule has 8 heteroatoms. The van der Waals surface area contributed by atoms with Crippen LogP contribution in [0, 0.1) is 0 Å². The van der Waals surface area contributed by atoms with Crippen molar-refractivity contribution in [2.24, 2.45) is 0 Å². The summed E-state index contributed by atoms with van der Waals surface area (Å²) in [6.45, 7) is 5.86. The summed E-state index contributed by atoms with van der Waals surface area (Å²) >= 11 is 5.90. The molecule has 0 unspecified atom stereocenters. The molecule has 0 heterocycles. The van der Waals surface area contributed by atoms with Crippen molar-refractivity contribution >= 4 is 29.2 Å². The van der Waals surface area contributed by atoms with Crippen molar-refractivity contribution in [3.63, 3.8) is 0 Å². The second-order valence-electron chi connectivity index (χ2n) is 5.12. The molecule has 2 N–H and O–H groups in total. The fourth-order valence-electron chi connectivity index (χ4n) is 2.16. The highest BCUT2D eigenvalue weighted by Gasteiger charge is 2.32. The molecule has 1 aromatic rings. The number of aliphatic hydroxyl groups is 2. The van der Waals surface area contributed by atoms with Gasteiger partial charge in [-0.2, -0.15) is 0 Å². The van der Waals surface area contributed by atoms with Gasteiger partial charge in [0.05, 0.1) is 13.2 Å². The molecule has 0 radical (unpaired) electrons. The average molecular weight is 384 g/mol. The molecule has 0 atom stereocenters. The summed E-state index contributed by atoms with van der Waals surface area (Å²) in [6.07, 6.45) is 0. The minimum absolute atomic E-state index is 0.0562. The Labute approximate surface area is 157 Å². The second-order valence-corrected chi connectivity index (χ2v) is 5.56. The molecule has 1 rings (SSSR count). The van der Waals surface area contributed by atoms with Crippen molar-refractivity contribution in [3.05, 3.63) is 52.2 Å². The van der Waals surface area contributed by atoms with Gasteiger partial charge in [-0.15, -0.1) is 0 Å². The van der Waals surface area contributed by atoms with Gasteiger partial charge in [-0.25, -0.2) is 9.59 Å². The minimum atomic E-state index is -0.870. The third-order valence-electron chi connectivity index (χ3n) is 3.16. The number of halogens is 1. The molecule has 7 nitrogen and oxygen atoms in total. The van der Waals surface area contributed by atoms with Crippen molar-refractivity contribution in [2.45, 2.75) is 27.7 Å². The van der Waals surface area contributed by atoms with E-state index in [4.69, 9.17) is 21.1 Å². The van der Waals surface area contributed by atoms with Crippen molar-refractivity contribution in [3.8, 4) is 0 Å². The van der Waals surface area contributed by atoms with Crippen molar-refractivity contribution < 1.29 is 29.3 Å². The van der Waals surface area contributed by atoms with E-state index >= 15 is 0 Å². The Hall–Kier alpha value is -2.67. The van der Waals surface area contributed by atoms with E-state index < -0.39 is 23.5 Å². The standard InChI is InChI=1S/C18H22ClNO6/c1-5-25-17(23)15(11(3)21)20(14-9-7-13(19)8-10-14)16(12(4)22)18(24)26-6-2/h7-10,21-22H,5-6H2,1-4H3/b15-11+,16-12+. The summed E-state index contributed by atoms with van der Waals surface area (Å²) in [4.78, 5) is 25.9. The van der Waals surface area contributed by atoms with Gasteiger partial charge in [0.2, 0.25) is 0 Å². The quantitative estimate of drug-likeness (QED) is 0.419. The first kappa shape index (κ1) is 21.4. The summed E-state index contributed by atoms with van der Waals surface area (Å²) in [7, 11) is 0. The maximum atomic E-state index is 12.4. The maximum Gasteiger partial charge on any atom is 0.358 e. The topological polar surface area (TPSA) is 96.3 Å². The third-order valence-corrected chi connectivity index (χ3v) is 3.41. The molecule has 0 aliphatic carbocycles. The number of anilines is 1. The first-order chi connectivity index (χ1) is 12.2. The molecule has 0 spiro atoms. The monoisotopic (exact) mass is 383 g/mol.